The van der Waals surface area contributed by atoms with E-state index in [1.165, 1.54) is 0 Å². The van der Waals surface area contributed by atoms with Gasteiger partial charge in [-0.15, -0.1) is 11.6 Å². The second kappa shape index (κ2) is 2.67. The lowest BCUT2D eigenvalue weighted by Crippen LogP contribution is -2.50. The largest absolute Gasteiger partial charge is 0.303 e. The molecule has 1 heterocycles. The van der Waals surface area contributed by atoms with E-state index >= 15 is 0 Å². The summed E-state index contributed by atoms with van der Waals surface area (Å²) in [6, 6.07) is -1.06. The lowest BCUT2D eigenvalue weighted by atomic mass is 10.2. The molecule has 1 fully saturated rings. The first-order valence-corrected chi connectivity index (χ1v) is 2.98. The minimum Gasteiger partial charge on any atom is -0.303 e. The summed E-state index contributed by atoms with van der Waals surface area (Å²) in [7, 11) is 0. The van der Waals surface area contributed by atoms with Gasteiger partial charge in [0.25, 0.3) is 0 Å². The van der Waals surface area contributed by atoms with Crippen molar-refractivity contribution in [3.05, 3.63) is 0 Å². The number of hydrogen-bond acceptors (Lipinski definition) is 2. The molecule has 2 N–H and O–H groups in total. The molecule has 0 amide bonds. The van der Waals surface area contributed by atoms with Crippen LogP contribution in [-0.4, -0.2) is 24.6 Å². The van der Waals surface area contributed by atoms with Crippen LogP contribution in [0, 0.1) is 0 Å². The first-order valence-electron chi connectivity index (χ1n) is 3.60. The van der Waals surface area contributed by atoms with E-state index in [1.807, 2.05) is 0 Å². The highest BCUT2D eigenvalue weighted by Crippen LogP contribution is 2.02. The van der Waals surface area contributed by atoms with Gasteiger partial charge >= 0.3 is 0 Å². The SMILES string of the molecule is [2H]C1(Cl)CNCN[C@]1([2H])C. The van der Waals surface area contributed by atoms with E-state index in [9.17, 15) is 0 Å². The molecular weight excluding hydrogens is 124 g/mol. The van der Waals surface area contributed by atoms with E-state index in [1.54, 1.807) is 6.92 Å². The molecule has 2 nitrogen and oxygen atoms in total. The Morgan fingerprint density at radius 1 is 1.88 bits per heavy atom. The molecule has 1 rings (SSSR count). The van der Waals surface area contributed by atoms with Crippen LogP contribution in [-0.2, 0) is 0 Å². The van der Waals surface area contributed by atoms with Gasteiger partial charge in [0.2, 0.25) is 0 Å². The smallest absolute Gasteiger partial charge is 0.0611 e. The van der Waals surface area contributed by atoms with E-state index in [0.29, 0.717) is 13.2 Å². The van der Waals surface area contributed by atoms with Gasteiger partial charge in [-0.1, -0.05) is 0 Å². The van der Waals surface area contributed by atoms with Gasteiger partial charge in [0.05, 0.1) is 6.72 Å². The second-order valence-corrected chi connectivity index (χ2v) is 2.27. The summed E-state index contributed by atoms with van der Waals surface area (Å²) in [6.07, 6.45) is 0. The summed E-state index contributed by atoms with van der Waals surface area (Å²) in [6.45, 7) is 2.50. The average molecular weight is 137 g/mol. The van der Waals surface area contributed by atoms with Crippen LogP contribution >= 0.6 is 11.6 Å². The van der Waals surface area contributed by atoms with E-state index in [4.69, 9.17) is 14.3 Å². The molecule has 0 aromatic carbocycles. The fourth-order valence-corrected chi connectivity index (χ4v) is 0.757. The Balaban J connectivity index is 2.70. The van der Waals surface area contributed by atoms with Crippen molar-refractivity contribution in [3.63, 3.8) is 0 Å². The van der Waals surface area contributed by atoms with Gasteiger partial charge in [-0.2, -0.15) is 0 Å². The molecule has 0 saturated carbocycles. The summed E-state index contributed by atoms with van der Waals surface area (Å²) in [5.74, 6) is 0. The predicted octanol–water partition coefficient (Wildman–Crippen LogP) is 0.133. The minimum absolute atomic E-state index is 0.349. The fourth-order valence-electron chi connectivity index (χ4n) is 0.596. The van der Waals surface area contributed by atoms with Crippen molar-refractivity contribution >= 4 is 11.6 Å². The van der Waals surface area contributed by atoms with Crippen molar-refractivity contribution in [1.29, 1.82) is 0 Å². The van der Waals surface area contributed by atoms with E-state index < -0.39 is 11.4 Å². The lowest BCUT2D eigenvalue weighted by Gasteiger charge is -2.25. The first-order chi connectivity index (χ1) is 4.46. The van der Waals surface area contributed by atoms with Crippen LogP contribution in [0.4, 0.5) is 0 Å². The molecule has 0 aliphatic carbocycles. The zero-order valence-electron chi connectivity index (χ0n) is 6.79. The van der Waals surface area contributed by atoms with Crippen LogP contribution in [0.1, 0.15) is 9.67 Å². The molecule has 1 saturated heterocycles. The van der Waals surface area contributed by atoms with E-state index in [-0.39, 0.29) is 0 Å². The maximum atomic E-state index is 7.56. The van der Waals surface area contributed by atoms with Crippen LogP contribution in [0.2, 0.25) is 0 Å². The van der Waals surface area contributed by atoms with Crippen molar-refractivity contribution in [2.75, 3.05) is 13.2 Å². The van der Waals surface area contributed by atoms with Gasteiger partial charge in [0.15, 0.2) is 0 Å². The summed E-state index contributed by atoms with van der Waals surface area (Å²) in [5, 5.41) is 4.41. The van der Waals surface area contributed by atoms with Gasteiger partial charge in [-0.3, -0.25) is 0 Å². The van der Waals surface area contributed by atoms with Crippen molar-refractivity contribution in [2.24, 2.45) is 0 Å². The first kappa shape index (κ1) is 4.09. The Kier molecular flexibility index (Phi) is 1.37. The molecule has 3 heteroatoms. The van der Waals surface area contributed by atoms with Crippen LogP contribution in [0.25, 0.3) is 0 Å². The monoisotopic (exact) mass is 136 g/mol. The molecule has 1 aliphatic heterocycles. The Bertz CT molecular complexity index is 122. The predicted molar refractivity (Wildman–Crippen MR) is 35.1 cm³/mol. The normalized spacial score (nSPS) is 61.8. The molecule has 48 valence electrons. The molecule has 0 aromatic heterocycles. The van der Waals surface area contributed by atoms with Crippen molar-refractivity contribution in [1.82, 2.24) is 10.6 Å². The molecular formula is C5H11ClN2. The van der Waals surface area contributed by atoms with Crippen LogP contribution in [0.15, 0.2) is 0 Å². The number of hydrogen-bond donors (Lipinski definition) is 2. The molecule has 2 atom stereocenters. The highest BCUT2D eigenvalue weighted by Gasteiger charge is 2.16. The van der Waals surface area contributed by atoms with Gasteiger partial charge in [-0.25, -0.2) is 0 Å². The summed E-state index contributed by atoms with van der Waals surface area (Å²) < 4.78 is 15.0. The molecule has 1 unspecified atom stereocenters. The molecule has 1 aliphatic rings. The lowest BCUT2D eigenvalue weighted by molar-refractivity contribution is 0.416. The van der Waals surface area contributed by atoms with Crippen LogP contribution in [0.3, 0.4) is 0 Å². The highest BCUT2D eigenvalue weighted by atomic mass is 35.5. The van der Waals surface area contributed by atoms with E-state index in [2.05, 4.69) is 10.6 Å². The summed E-state index contributed by atoms with van der Waals surface area (Å²) >= 11 is 5.72. The minimum atomic E-state index is -1.26. The summed E-state index contributed by atoms with van der Waals surface area (Å²) in [4.78, 5) is 0. The third kappa shape index (κ3) is 1.34. The number of halogens is 1. The van der Waals surface area contributed by atoms with Crippen molar-refractivity contribution in [2.45, 2.75) is 18.3 Å². The van der Waals surface area contributed by atoms with Gasteiger partial charge < -0.3 is 10.6 Å². The van der Waals surface area contributed by atoms with Crippen LogP contribution in [0.5, 0.6) is 0 Å². The maximum absolute atomic E-state index is 7.56. The quantitative estimate of drug-likeness (QED) is 0.463. The topological polar surface area (TPSA) is 24.1 Å². The number of alkyl halides is 1. The second-order valence-electron chi connectivity index (χ2n) is 1.81. The van der Waals surface area contributed by atoms with Crippen molar-refractivity contribution in [3.8, 4) is 0 Å². The molecule has 0 spiro atoms. The molecule has 8 heavy (non-hydrogen) atoms. The number of nitrogens with one attached hydrogen (secondary N) is 2. The Labute approximate surface area is 57.4 Å². The van der Waals surface area contributed by atoms with Crippen LogP contribution < -0.4 is 10.6 Å². The standard InChI is InChI=1S/C5H11ClN2/c1-4-5(6)2-7-3-8-4/h4-5,7-8H,2-3H2,1H3/t4-,5?/m1/s1/i4D,5D. The average Bonchev–Trinajstić information content (AvgIpc) is 1.77. The fraction of sp³-hybridized carbons (Fsp3) is 1.00. The number of rotatable bonds is 0. The third-order valence-electron chi connectivity index (χ3n) is 1.17. The van der Waals surface area contributed by atoms with Gasteiger partial charge in [-0.05, 0) is 6.92 Å². The Morgan fingerprint density at radius 2 is 2.62 bits per heavy atom. The summed E-state index contributed by atoms with van der Waals surface area (Å²) in [5.41, 5.74) is 0. The highest BCUT2D eigenvalue weighted by molar-refractivity contribution is 6.21. The molecule has 0 aromatic rings. The Hall–Kier alpha value is 0.210. The van der Waals surface area contributed by atoms with Crippen molar-refractivity contribution < 1.29 is 2.74 Å². The Morgan fingerprint density at radius 3 is 3.00 bits per heavy atom. The zero-order chi connectivity index (χ0) is 7.83. The van der Waals surface area contributed by atoms with Gasteiger partial charge in [0, 0.05) is 20.6 Å². The molecule has 0 radical (unpaired) electrons. The third-order valence-corrected chi connectivity index (χ3v) is 1.58. The maximum Gasteiger partial charge on any atom is 0.0611 e. The molecule has 0 bridgehead atoms. The van der Waals surface area contributed by atoms with Gasteiger partial charge in [0.1, 0.15) is 0 Å². The zero-order valence-corrected chi connectivity index (χ0v) is 5.55. The van der Waals surface area contributed by atoms with E-state index in [0.717, 1.165) is 0 Å².